The van der Waals surface area contributed by atoms with Gasteiger partial charge in [0.05, 0.1) is 21.7 Å². The molecule has 3 aromatic carbocycles. The smallest absolute Gasteiger partial charge is 0.266 e. The number of hydrogen-bond acceptors (Lipinski definition) is 4. The van der Waals surface area contributed by atoms with Gasteiger partial charge < -0.3 is 14.8 Å². The van der Waals surface area contributed by atoms with Crippen LogP contribution in [0.2, 0.25) is 15.1 Å². The van der Waals surface area contributed by atoms with Gasteiger partial charge in [-0.05, 0) is 79.4 Å². The molecule has 1 amide bonds. The Labute approximate surface area is 219 Å². The number of hydrogen-bond donors (Lipinski definition) is 1. The van der Waals surface area contributed by atoms with E-state index in [9.17, 15) is 10.1 Å². The van der Waals surface area contributed by atoms with Gasteiger partial charge in [0.15, 0.2) is 11.5 Å². The van der Waals surface area contributed by atoms with Crippen molar-refractivity contribution in [2.45, 2.75) is 27.4 Å². The molecule has 0 aromatic heterocycles. The van der Waals surface area contributed by atoms with Gasteiger partial charge in [0.25, 0.3) is 5.91 Å². The number of ether oxygens (including phenoxy) is 2. The third-order valence-corrected chi connectivity index (χ3v) is 6.04. The number of amides is 1. The summed E-state index contributed by atoms with van der Waals surface area (Å²) in [6.07, 6.45) is 1.46. The topological polar surface area (TPSA) is 71.3 Å². The number of rotatable bonds is 8. The molecule has 8 heteroatoms. The van der Waals surface area contributed by atoms with Crippen molar-refractivity contribution in [3.63, 3.8) is 0 Å². The van der Waals surface area contributed by atoms with Crippen LogP contribution in [-0.4, -0.2) is 12.5 Å². The predicted molar refractivity (Wildman–Crippen MR) is 142 cm³/mol. The van der Waals surface area contributed by atoms with Gasteiger partial charge in [-0.3, -0.25) is 4.79 Å². The molecule has 0 saturated carbocycles. The van der Waals surface area contributed by atoms with Gasteiger partial charge in [-0.25, -0.2) is 0 Å². The molecule has 5 nitrogen and oxygen atoms in total. The molecule has 0 bridgehead atoms. The lowest BCUT2D eigenvalue weighted by molar-refractivity contribution is -0.112. The molecule has 3 aromatic rings. The van der Waals surface area contributed by atoms with Crippen molar-refractivity contribution in [2.24, 2.45) is 0 Å². The van der Waals surface area contributed by atoms with Gasteiger partial charge in [0.1, 0.15) is 18.2 Å². The van der Waals surface area contributed by atoms with Crippen LogP contribution in [0.1, 0.15) is 29.2 Å². The predicted octanol–water partition coefficient (Wildman–Crippen LogP) is 7.79. The molecule has 35 heavy (non-hydrogen) atoms. The number of nitrogens with one attached hydrogen (secondary N) is 1. The summed E-state index contributed by atoms with van der Waals surface area (Å²) in [6, 6.07) is 16.1. The van der Waals surface area contributed by atoms with Crippen LogP contribution in [0.4, 0.5) is 5.69 Å². The minimum atomic E-state index is -0.518. The summed E-state index contributed by atoms with van der Waals surface area (Å²) in [6.45, 7) is 6.20. The zero-order valence-corrected chi connectivity index (χ0v) is 21.7. The van der Waals surface area contributed by atoms with Gasteiger partial charge in [0.2, 0.25) is 0 Å². The maximum atomic E-state index is 12.8. The maximum Gasteiger partial charge on any atom is 0.266 e. The SMILES string of the molecule is CCOc1cc(/C=C(\C#N)C(=O)Nc2cc(C)ccc2C)cc(Cl)c1OCc1ccc(Cl)c(Cl)c1. The van der Waals surface area contributed by atoms with E-state index in [1.807, 2.05) is 45.0 Å². The van der Waals surface area contributed by atoms with Crippen molar-refractivity contribution in [3.8, 4) is 17.6 Å². The van der Waals surface area contributed by atoms with E-state index >= 15 is 0 Å². The number of carbonyl (C=O) groups is 1. The van der Waals surface area contributed by atoms with Gasteiger partial charge in [-0.2, -0.15) is 5.26 Å². The van der Waals surface area contributed by atoms with Crippen LogP contribution in [-0.2, 0) is 11.4 Å². The fourth-order valence-electron chi connectivity index (χ4n) is 3.23. The molecular weight excluding hydrogens is 507 g/mol. The quantitative estimate of drug-likeness (QED) is 0.239. The summed E-state index contributed by atoms with van der Waals surface area (Å²) in [4.78, 5) is 12.8. The van der Waals surface area contributed by atoms with Crippen LogP contribution in [0, 0.1) is 25.2 Å². The lowest BCUT2D eigenvalue weighted by Crippen LogP contribution is -2.14. The Bertz CT molecular complexity index is 1330. The van der Waals surface area contributed by atoms with E-state index in [0.717, 1.165) is 16.7 Å². The molecule has 0 atom stereocenters. The summed E-state index contributed by atoms with van der Waals surface area (Å²) in [5.74, 6) is 0.212. The molecule has 0 aliphatic carbocycles. The Hall–Kier alpha value is -3.17. The Morgan fingerprint density at radius 3 is 2.46 bits per heavy atom. The van der Waals surface area contributed by atoms with E-state index in [-0.39, 0.29) is 17.2 Å². The van der Waals surface area contributed by atoms with Crippen molar-refractivity contribution in [1.82, 2.24) is 0 Å². The van der Waals surface area contributed by atoms with Crippen molar-refractivity contribution < 1.29 is 14.3 Å². The van der Waals surface area contributed by atoms with Crippen LogP contribution in [0.15, 0.2) is 54.1 Å². The normalized spacial score (nSPS) is 11.1. The van der Waals surface area contributed by atoms with Crippen LogP contribution in [0.3, 0.4) is 0 Å². The Morgan fingerprint density at radius 1 is 1.00 bits per heavy atom. The number of benzene rings is 3. The molecular formula is C27H23Cl3N2O3. The fraction of sp³-hybridized carbons (Fsp3) is 0.185. The second kappa shape index (κ2) is 12.0. The van der Waals surface area contributed by atoms with E-state index in [1.54, 1.807) is 30.3 Å². The second-order valence-electron chi connectivity index (χ2n) is 7.74. The van der Waals surface area contributed by atoms with Crippen LogP contribution in [0.5, 0.6) is 11.5 Å². The largest absolute Gasteiger partial charge is 0.490 e. The van der Waals surface area contributed by atoms with Crippen LogP contribution < -0.4 is 14.8 Å². The highest BCUT2D eigenvalue weighted by atomic mass is 35.5. The number of aryl methyl sites for hydroxylation is 2. The van der Waals surface area contributed by atoms with E-state index in [2.05, 4.69) is 5.32 Å². The average molecular weight is 530 g/mol. The number of halogens is 3. The molecule has 1 N–H and O–H groups in total. The lowest BCUT2D eigenvalue weighted by atomic mass is 10.1. The number of anilines is 1. The second-order valence-corrected chi connectivity index (χ2v) is 8.96. The Kier molecular flexibility index (Phi) is 9.06. The monoisotopic (exact) mass is 528 g/mol. The summed E-state index contributed by atoms with van der Waals surface area (Å²) in [5, 5.41) is 13.6. The molecule has 0 unspecified atom stereocenters. The van der Waals surface area contributed by atoms with E-state index < -0.39 is 5.91 Å². The lowest BCUT2D eigenvalue weighted by Gasteiger charge is -2.15. The molecule has 0 radical (unpaired) electrons. The summed E-state index contributed by atoms with van der Waals surface area (Å²) < 4.78 is 11.6. The molecule has 0 aliphatic rings. The van der Waals surface area contributed by atoms with E-state index in [4.69, 9.17) is 44.3 Å². The molecule has 180 valence electrons. The van der Waals surface area contributed by atoms with E-state index in [0.29, 0.717) is 39.4 Å². The molecule has 0 aliphatic heterocycles. The van der Waals surface area contributed by atoms with Gasteiger partial charge in [0, 0.05) is 5.69 Å². The molecule has 0 spiro atoms. The first-order valence-electron chi connectivity index (χ1n) is 10.7. The third-order valence-electron chi connectivity index (χ3n) is 5.02. The highest BCUT2D eigenvalue weighted by molar-refractivity contribution is 6.42. The average Bonchev–Trinajstić information content (AvgIpc) is 2.81. The summed E-state index contributed by atoms with van der Waals surface area (Å²) in [7, 11) is 0. The van der Waals surface area contributed by atoms with Crippen molar-refractivity contribution in [1.29, 1.82) is 5.26 Å². The molecule has 3 rings (SSSR count). The van der Waals surface area contributed by atoms with Crippen LogP contribution in [0.25, 0.3) is 6.08 Å². The first-order chi connectivity index (χ1) is 16.7. The minimum absolute atomic E-state index is 0.0751. The van der Waals surface area contributed by atoms with Crippen molar-refractivity contribution >= 4 is 52.5 Å². The molecule has 0 saturated heterocycles. The maximum absolute atomic E-state index is 12.8. The highest BCUT2D eigenvalue weighted by Crippen LogP contribution is 2.38. The standard InChI is InChI=1S/C27H23Cl3N2O3/c1-4-34-25-13-19(10-20(14-31)27(33)32-24-9-16(2)5-6-17(24)3)12-23(30)26(25)35-15-18-7-8-21(28)22(29)11-18/h5-13H,4,15H2,1-3H3,(H,32,33)/b20-10+. The first-order valence-corrected chi connectivity index (χ1v) is 11.9. The number of nitriles is 1. The van der Waals surface area contributed by atoms with Gasteiger partial charge in [-0.1, -0.05) is 53.0 Å². The van der Waals surface area contributed by atoms with Crippen molar-refractivity contribution in [3.05, 3.63) is 91.4 Å². The summed E-state index contributed by atoms with van der Waals surface area (Å²) >= 11 is 18.6. The van der Waals surface area contributed by atoms with Gasteiger partial charge in [-0.15, -0.1) is 0 Å². The van der Waals surface area contributed by atoms with Crippen molar-refractivity contribution in [2.75, 3.05) is 11.9 Å². The van der Waals surface area contributed by atoms with E-state index in [1.165, 1.54) is 6.08 Å². The zero-order valence-electron chi connectivity index (χ0n) is 19.4. The minimum Gasteiger partial charge on any atom is -0.490 e. The fourth-order valence-corrected chi connectivity index (χ4v) is 3.83. The van der Waals surface area contributed by atoms with Crippen LogP contribution >= 0.6 is 34.8 Å². The summed E-state index contributed by atoms with van der Waals surface area (Å²) in [5.41, 5.74) is 3.79. The Balaban J connectivity index is 1.86. The third kappa shape index (κ3) is 6.93. The molecule has 0 heterocycles. The number of nitrogens with zero attached hydrogens (tertiary/aromatic N) is 1. The molecule has 0 fully saturated rings. The zero-order chi connectivity index (χ0) is 25.5. The van der Waals surface area contributed by atoms with Gasteiger partial charge >= 0.3 is 0 Å². The first kappa shape index (κ1) is 26.4. The Morgan fingerprint density at radius 2 is 1.77 bits per heavy atom. The highest BCUT2D eigenvalue weighted by Gasteiger charge is 2.16. The number of carbonyl (C=O) groups excluding carboxylic acids is 1.